The number of carbonyl (C=O) groups is 2. The summed E-state index contributed by atoms with van der Waals surface area (Å²) in [4.78, 5) is 24.8. The van der Waals surface area contributed by atoms with E-state index in [9.17, 15) is 9.59 Å². The maximum Gasteiger partial charge on any atom is 0.235 e. The molecule has 4 rings (SSSR count). The molecule has 2 amide bonds. The first-order valence-electron chi connectivity index (χ1n) is 9.05. The van der Waals surface area contributed by atoms with E-state index in [1.807, 2.05) is 48.5 Å². The van der Waals surface area contributed by atoms with Crippen LogP contribution in [-0.4, -0.2) is 11.8 Å². The van der Waals surface area contributed by atoms with Crippen molar-refractivity contribution in [2.45, 2.75) is 37.5 Å². The van der Waals surface area contributed by atoms with Crippen LogP contribution in [0.5, 0.6) is 0 Å². The van der Waals surface area contributed by atoms with Crippen LogP contribution in [0.2, 0.25) is 5.02 Å². The molecule has 0 spiro atoms. The minimum atomic E-state index is -0.469. The highest BCUT2D eigenvalue weighted by atomic mass is 35.5. The van der Waals surface area contributed by atoms with Crippen LogP contribution in [0.25, 0.3) is 0 Å². The molecule has 2 fully saturated rings. The van der Waals surface area contributed by atoms with Crippen LogP contribution in [0.3, 0.4) is 0 Å². The summed E-state index contributed by atoms with van der Waals surface area (Å²) in [7, 11) is 0. The summed E-state index contributed by atoms with van der Waals surface area (Å²) in [6.45, 7) is 0. The van der Waals surface area contributed by atoms with Crippen molar-refractivity contribution >= 4 is 34.8 Å². The standard InChI is InChI=1S/C21H21ClN2O2/c22-16-6-4-15(5-7-16)21(12-1-13-21)20(26)24-18-10-8-17(9-11-18)23-19(25)14-2-3-14/h4-11,14H,1-3,12-13H2,(H,23,25)(H,24,26). The van der Waals surface area contributed by atoms with Crippen molar-refractivity contribution in [1.82, 2.24) is 0 Å². The minimum Gasteiger partial charge on any atom is -0.326 e. The monoisotopic (exact) mass is 368 g/mol. The number of hydrogen-bond acceptors (Lipinski definition) is 2. The highest BCUT2D eigenvalue weighted by Gasteiger charge is 2.45. The van der Waals surface area contributed by atoms with Gasteiger partial charge in [0.2, 0.25) is 11.8 Å². The van der Waals surface area contributed by atoms with Gasteiger partial charge in [-0.2, -0.15) is 0 Å². The summed E-state index contributed by atoms with van der Waals surface area (Å²) < 4.78 is 0. The molecular formula is C21H21ClN2O2. The lowest BCUT2D eigenvalue weighted by Crippen LogP contribution is -2.45. The molecule has 2 aliphatic rings. The fraction of sp³-hybridized carbons (Fsp3) is 0.333. The first kappa shape index (κ1) is 17.1. The normalized spacial score (nSPS) is 17.9. The fourth-order valence-electron chi connectivity index (χ4n) is 3.42. The van der Waals surface area contributed by atoms with Crippen LogP contribution in [-0.2, 0) is 15.0 Å². The maximum absolute atomic E-state index is 12.9. The predicted molar refractivity (Wildman–Crippen MR) is 103 cm³/mol. The Morgan fingerprint density at radius 3 is 1.96 bits per heavy atom. The number of rotatable bonds is 5. The average molecular weight is 369 g/mol. The number of nitrogens with one attached hydrogen (secondary N) is 2. The van der Waals surface area contributed by atoms with Gasteiger partial charge in [0.05, 0.1) is 5.41 Å². The molecule has 2 N–H and O–H groups in total. The topological polar surface area (TPSA) is 58.2 Å². The number of amides is 2. The number of hydrogen-bond donors (Lipinski definition) is 2. The highest BCUT2D eigenvalue weighted by molar-refractivity contribution is 6.30. The lowest BCUT2D eigenvalue weighted by atomic mass is 9.64. The van der Waals surface area contributed by atoms with Crippen LogP contribution in [0.1, 0.15) is 37.7 Å². The second-order valence-corrected chi connectivity index (χ2v) is 7.67. The van der Waals surface area contributed by atoms with Gasteiger partial charge < -0.3 is 10.6 Å². The minimum absolute atomic E-state index is 0.0147. The smallest absolute Gasteiger partial charge is 0.235 e. The third kappa shape index (κ3) is 3.34. The lowest BCUT2D eigenvalue weighted by Gasteiger charge is -2.40. The molecule has 0 atom stereocenters. The average Bonchev–Trinajstić information content (AvgIpc) is 3.42. The predicted octanol–water partition coefficient (Wildman–Crippen LogP) is 4.75. The van der Waals surface area contributed by atoms with Crippen LogP contribution < -0.4 is 10.6 Å². The van der Waals surface area contributed by atoms with Crippen molar-refractivity contribution in [1.29, 1.82) is 0 Å². The summed E-state index contributed by atoms with van der Waals surface area (Å²) >= 11 is 5.98. The Labute approximate surface area is 157 Å². The molecule has 0 heterocycles. The molecule has 0 bridgehead atoms. The van der Waals surface area contributed by atoms with Gasteiger partial charge in [-0.25, -0.2) is 0 Å². The Morgan fingerprint density at radius 1 is 0.885 bits per heavy atom. The number of benzene rings is 2. The van der Waals surface area contributed by atoms with Gasteiger partial charge in [-0.3, -0.25) is 9.59 Å². The summed E-state index contributed by atoms with van der Waals surface area (Å²) in [5, 5.41) is 6.61. The largest absolute Gasteiger partial charge is 0.326 e. The zero-order chi connectivity index (χ0) is 18.1. The molecule has 5 heteroatoms. The van der Waals surface area contributed by atoms with Crippen molar-refractivity contribution in [3.63, 3.8) is 0 Å². The van der Waals surface area contributed by atoms with E-state index in [-0.39, 0.29) is 17.7 Å². The molecule has 26 heavy (non-hydrogen) atoms. The van der Waals surface area contributed by atoms with E-state index >= 15 is 0 Å². The van der Waals surface area contributed by atoms with Gasteiger partial charge >= 0.3 is 0 Å². The summed E-state index contributed by atoms with van der Waals surface area (Å²) in [5.74, 6) is 0.269. The first-order valence-corrected chi connectivity index (χ1v) is 9.43. The molecular weight excluding hydrogens is 348 g/mol. The van der Waals surface area contributed by atoms with E-state index in [1.165, 1.54) is 0 Å². The Bertz CT molecular complexity index is 822. The number of anilines is 2. The Kier molecular flexibility index (Phi) is 4.45. The highest BCUT2D eigenvalue weighted by Crippen LogP contribution is 2.45. The van der Waals surface area contributed by atoms with E-state index in [0.717, 1.165) is 49.0 Å². The van der Waals surface area contributed by atoms with Crippen molar-refractivity contribution in [3.05, 3.63) is 59.1 Å². The molecule has 0 radical (unpaired) electrons. The van der Waals surface area contributed by atoms with Gasteiger partial charge in [0, 0.05) is 22.3 Å². The van der Waals surface area contributed by atoms with Crippen molar-refractivity contribution in [2.75, 3.05) is 10.6 Å². The molecule has 134 valence electrons. The lowest BCUT2D eigenvalue weighted by molar-refractivity contribution is -0.124. The summed E-state index contributed by atoms with van der Waals surface area (Å²) in [5.41, 5.74) is 2.04. The van der Waals surface area contributed by atoms with E-state index in [4.69, 9.17) is 11.6 Å². The SMILES string of the molecule is O=C(Nc1ccc(NC(=O)C2(c3ccc(Cl)cc3)CCC2)cc1)C1CC1. The van der Waals surface area contributed by atoms with Gasteiger partial charge in [-0.15, -0.1) is 0 Å². The second kappa shape index (κ2) is 6.76. The van der Waals surface area contributed by atoms with E-state index < -0.39 is 5.41 Å². The van der Waals surface area contributed by atoms with Crippen molar-refractivity contribution in [2.24, 2.45) is 5.92 Å². The van der Waals surface area contributed by atoms with Crippen LogP contribution in [0, 0.1) is 5.92 Å². The Morgan fingerprint density at radius 2 is 1.46 bits per heavy atom. The zero-order valence-electron chi connectivity index (χ0n) is 14.4. The van der Waals surface area contributed by atoms with Gasteiger partial charge in [0.1, 0.15) is 0 Å². The molecule has 4 nitrogen and oxygen atoms in total. The molecule has 2 aromatic carbocycles. The molecule has 0 aliphatic heterocycles. The fourth-order valence-corrected chi connectivity index (χ4v) is 3.55. The number of carbonyl (C=O) groups excluding carboxylic acids is 2. The third-order valence-corrected chi connectivity index (χ3v) is 5.65. The Hall–Kier alpha value is -2.33. The van der Waals surface area contributed by atoms with E-state index in [0.29, 0.717) is 5.02 Å². The second-order valence-electron chi connectivity index (χ2n) is 7.24. The number of halogens is 1. The molecule has 2 aliphatic carbocycles. The molecule has 2 saturated carbocycles. The zero-order valence-corrected chi connectivity index (χ0v) is 15.2. The van der Waals surface area contributed by atoms with Crippen molar-refractivity contribution in [3.8, 4) is 0 Å². The van der Waals surface area contributed by atoms with E-state index in [1.54, 1.807) is 0 Å². The first-order chi connectivity index (χ1) is 12.6. The summed E-state index contributed by atoms with van der Waals surface area (Å²) in [6, 6.07) is 14.9. The van der Waals surface area contributed by atoms with Gasteiger partial charge in [-0.1, -0.05) is 30.2 Å². The van der Waals surface area contributed by atoms with Crippen LogP contribution in [0.15, 0.2) is 48.5 Å². The third-order valence-electron chi connectivity index (χ3n) is 5.40. The van der Waals surface area contributed by atoms with Crippen LogP contribution >= 0.6 is 11.6 Å². The quantitative estimate of drug-likeness (QED) is 0.800. The Balaban J connectivity index is 1.44. The van der Waals surface area contributed by atoms with Crippen molar-refractivity contribution < 1.29 is 9.59 Å². The molecule has 0 saturated heterocycles. The van der Waals surface area contributed by atoms with Crippen LogP contribution in [0.4, 0.5) is 11.4 Å². The maximum atomic E-state index is 12.9. The molecule has 0 aromatic heterocycles. The van der Waals surface area contributed by atoms with Gasteiger partial charge in [0.25, 0.3) is 0 Å². The van der Waals surface area contributed by atoms with Gasteiger partial charge in [-0.05, 0) is 67.6 Å². The van der Waals surface area contributed by atoms with E-state index in [2.05, 4.69) is 10.6 Å². The molecule has 2 aromatic rings. The van der Waals surface area contributed by atoms with Gasteiger partial charge in [0.15, 0.2) is 0 Å². The molecule has 0 unspecified atom stereocenters. The summed E-state index contributed by atoms with van der Waals surface area (Å²) in [6.07, 6.45) is 4.69.